The van der Waals surface area contributed by atoms with Crippen LogP contribution in [0.2, 0.25) is 0 Å². The smallest absolute Gasteiger partial charge is 0.343 e. The molecule has 0 radical (unpaired) electrons. The highest BCUT2D eigenvalue weighted by atomic mass is 16.4. The van der Waals surface area contributed by atoms with E-state index in [1.54, 1.807) is 0 Å². The lowest BCUT2D eigenvalue weighted by molar-refractivity contribution is 0.0690. The van der Waals surface area contributed by atoms with E-state index in [4.69, 9.17) is 19.4 Å². The quantitative estimate of drug-likeness (QED) is 0.563. The van der Waals surface area contributed by atoms with Gasteiger partial charge in [0.1, 0.15) is 17.1 Å². The molecular weight excluding hydrogens is 148 g/mol. The first-order chi connectivity index (χ1) is 6.37. The number of aromatic carboxylic acids is 1. The summed E-state index contributed by atoms with van der Waals surface area (Å²) in [4.78, 5) is 10.5. The largest absolute Gasteiger partial charge is 0.507 e. The molecular formula is C7H6O4. The second kappa shape index (κ2) is 2.49. The fourth-order valence-electron chi connectivity index (χ4n) is 0.589. The minimum absolute atomic E-state index is 0.718. The van der Waals surface area contributed by atoms with Gasteiger partial charge in [0.05, 0.1) is 4.11 Å². The van der Waals surface area contributed by atoms with Crippen molar-refractivity contribution in [1.82, 2.24) is 0 Å². The molecule has 0 saturated carbocycles. The highest BCUT2D eigenvalue weighted by molar-refractivity contribution is 5.93. The number of aromatic hydroxyl groups is 2. The normalized spacial score (nSPS) is 13.3. The molecule has 0 aromatic heterocycles. The van der Waals surface area contributed by atoms with E-state index in [1.165, 1.54) is 0 Å². The highest BCUT2D eigenvalue weighted by Crippen LogP contribution is 2.25. The third-order valence-electron chi connectivity index (χ3n) is 1.05. The van der Waals surface area contributed by atoms with Crippen molar-refractivity contribution in [3.63, 3.8) is 0 Å². The summed E-state index contributed by atoms with van der Waals surface area (Å²) in [5, 5.41) is 26.8. The van der Waals surface area contributed by atoms with E-state index in [0.717, 1.165) is 0 Å². The topological polar surface area (TPSA) is 77.8 Å². The van der Waals surface area contributed by atoms with Crippen LogP contribution in [0.3, 0.4) is 0 Å². The van der Waals surface area contributed by atoms with Gasteiger partial charge in [0.25, 0.3) is 0 Å². The molecule has 1 rings (SSSR count). The molecule has 0 aliphatic carbocycles. The van der Waals surface area contributed by atoms with Gasteiger partial charge in [0.15, 0.2) is 0 Å². The van der Waals surface area contributed by atoms with Crippen LogP contribution in [0.4, 0.5) is 0 Å². The van der Waals surface area contributed by atoms with Crippen LogP contribution in [0.5, 0.6) is 11.5 Å². The molecule has 0 heterocycles. The van der Waals surface area contributed by atoms with Gasteiger partial charge in [-0.2, -0.15) is 0 Å². The Hall–Kier alpha value is -1.71. The molecule has 0 bridgehead atoms. The lowest BCUT2D eigenvalue weighted by atomic mass is 10.2. The second-order valence-corrected chi connectivity index (χ2v) is 1.75. The lowest BCUT2D eigenvalue weighted by Gasteiger charge is -1.99. The molecule has 0 unspecified atom stereocenters. The number of rotatable bonds is 1. The van der Waals surface area contributed by atoms with Crippen LogP contribution < -0.4 is 0 Å². The fourth-order valence-corrected chi connectivity index (χ4v) is 0.589. The molecule has 1 aromatic rings. The van der Waals surface area contributed by atoms with E-state index in [2.05, 4.69) is 0 Å². The van der Waals surface area contributed by atoms with E-state index < -0.39 is 41.2 Å². The second-order valence-electron chi connectivity index (χ2n) is 1.75. The van der Waals surface area contributed by atoms with Crippen molar-refractivity contribution >= 4 is 5.97 Å². The summed E-state index contributed by atoms with van der Waals surface area (Å²) in [6.07, 6.45) is 0. The zero-order valence-electron chi connectivity index (χ0n) is 8.25. The number of carbonyl (C=O) groups is 1. The van der Waals surface area contributed by atoms with Crippen molar-refractivity contribution in [3.05, 3.63) is 23.7 Å². The molecule has 0 saturated heterocycles. The predicted molar refractivity (Wildman–Crippen MR) is 36.7 cm³/mol. The van der Waals surface area contributed by atoms with E-state index in [1.807, 2.05) is 0 Å². The van der Waals surface area contributed by atoms with Crippen LogP contribution in [0, 0.1) is 0 Å². The van der Waals surface area contributed by atoms with Crippen molar-refractivity contribution in [3.8, 4) is 11.5 Å². The monoisotopic (exact) mass is 157 g/mol. The number of carboxylic acid groups (broad SMARTS) is 1. The first-order valence-corrected chi connectivity index (χ1v) is 2.62. The van der Waals surface area contributed by atoms with E-state index in [0.29, 0.717) is 0 Å². The van der Waals surface area contributed by atoms with Crippen LogP contribution in [0.1, 0.15) is 14.5 Å². The van der Waals surface area contributed by atoms with Crippen molar-refractivity contribution in [2.45, 2.75) is 0 Å². The Morgan fingerprint density at radius 2 is 1.82 bits per heavy atom. The zero-order chi connectivity index (χ0) is 11.0. The Labute approximate surface area is 66.6 Å². The summed E-state index contributed by atoms with van der Waals surface area (Å²) in [6, 6.07) is -2.29. The average molecular weight is 157 g/mol. The van der Waals surface area contributed by atoms with Gasteiger partial charge in [0, 0.05) is 0 Å². The zero-order valence-corrected chi connectivity index (χ0v) is 5.25. The SMILES string of the molecule is [2H]c1c([2H])c(O)c(C(=O)O)c(O)c1[2H]. The summed E-state index contributed by atoms with van der Waals surface area (Å²) in [7, 11) is 0. The Kier molecular flexibility index (Phi) is 0.958. The van der Waals surface area contributed by atoms with E-state index >= 15 is 0 Å². The maximum absolute atomic E-state index is 10.5. The molecule has 0 spiro atoms. The van der Waals surface area contributed by atoms with E-state index in [9.17, 15) is 4.79 Å². The lowest BCUT2D eigenvalue weighted by Crippen LogP contribution is -1.96. The van der Waals surface area contributed by atoms with Crippen molar-refractivity contribution in [2.24, 2.45) is 0 Å². The van der Waals surface area contributed by atoms with Crippen LogP contribution >= 0.6 is 0 Å². The molecule has 4 nitrogen and oxygen atoms in total. The molecule has 0 aliphatic heterocycles. The van der Waals surface area contributed by atoms with Crippen LogP contribution in [-0.4, -0.2) is 21.3 Å². The molecule has 0 fully saturated rings. The molecule has 1 aromatic carbocycles. The minimum Gasteiger partial charge on any atom is -0.507 e. The van der Waals surface area contributed by atoms with Crippen molar-refractivity contribution in [2.75, 3.05) is 0 Å². The predicted octanol–water partition coefficient (Wildman–Crippen LogP) is 0.796. The first kappa shape index (κ1) is 4.23. The average Bonchev–Trinajstić information content (AvgIpc) is 2.11. The molecule has 0 amide bonds. The summed E-state index contributed by atoms with van der Waals surface area (Å²) in [5.41, 5.74) is -0.920. The van der Waals surface area contributed by atoms with Crippen molar-refractivity contribution in [1.29, 1.82) is 0 Å². The third kappa shape index (κ3) is 1.24. The number of benzene rings is 1. The molecule has 58 valence electrons. The van der Waals surface area contributed by atoms with Crippen molar-refractivity contribution < 1.29 is 24.2 Å². The number of hydrogen-bond donors (Lipinski definition) is 3. The highest BCUT2D eigenvalue weighted by Gasteiger charge is 2.13. The summed E-state index contributed by atoms with van der Waals surface area (Å²) >= 11 is 0. The maximum atomic E-state index is 10.5. The van der Waals surface area contributed by atoms with Gasteiger partial charge in [-0.25, -0.2) is 4.79 Å². The van der Waals surface area contributed by atoms with Gasteiger partial charge >= 0.3 is 5.97 Å². The van der Waals surface area contributed by atoms with Gasteiger partial charge < -0.3 is 15.3 Å². The summed E-state index contributed by atoms with van der Waals surface area (Å²) in [6.45, 7) is 0. The summed E-state index contributed by atoms with van der Waals surface area (Å²) < 4.78 is 21.2. The third-order valence-corrected chi connectivity index (χ3v) is 1.05. The molecule has 0 atom stereocenters. The van der Waals surface area contributed by atoms with Crippen LogP contribution in [0.15, 0.2) is 18.1 Å². The number of phenols is 2. The van der Waals surface area contributed by atoms with E-state index in [-0.39, 0.29) is 0 Å². The number of carboxylic acids is 1. The summed E-state index contributed by atoms with van der Waals surface area (Å²) in [5.74, 6) is -3.66. The fraction of sp³-hybridized carbons (Fsp3) is 0. The van der Waals surface area contributed by atoms with Gasteiger partial charge in [0.2, 0.25) is 0 Å². The Balaban J connectivity index is 3.68. The Morgan fingerprint density at radius 3 is 2.18 bits per heavy atom. The van der Waals surface area contributed by atoms with Crippen LogP contribution in [-0.2, 0) is 0 Å². The molecule has 11 heavy (non-hydrogen) atoms. The Morgan fingerprint density at radius 1 is 1.36 bits per heavy atom. The van der Waals surface area contributed by atoms with Gasteiger partial charge in [-0.15, -0.1) is 0 Å². The Bertz CT molecular complexity index is 387. The minimum atomic E-state index is -1.65. The first-order valence-electron chi connectivity index (χ1n) is 4.12. The maximum Gasteiger partial charge on any atom is 0.343 e. The molecule has 0 aliphatic rings. The van der Waals surface area contributed by atoms with Gasteiger partial charge in [-0.05, 0) is 12.1 Å². The van der Waals surface area contributed by atoms with Gasteiger partial charge in [-0.1, -0.05) is 6.04 Å². The molecule has 4 heteroatoms. The molecule has 3 N–H and O–H groups in total. The van der Waals surface area contributed by atoms with Crippen LogP contribution in [0.25, 0.3) is 0 Å². The van der Waals surface area contributed by atoms with Gasteiger partial charge in [-0.3, -0.25) is 0 Å². The number of hydrogen-bond acceptors (Lipinski definition) is 3. The standard InChI is InChI=1S/C7H6O4/c8-4-2-1-3-5(9)6(4)7(10)11/h1-3,8-9H,(H,10,11)/i1D,2D,3D.